The zero-order valence-electron chi connectivity index (χ0n) is 8.24. The molecule has 0 heterocycles. The summed E-state index contributed by atoms with van der Waals surface area (Å²) >= 11 is 3.00. The number of aromatic hydroxyl groups is 1. The summed E-state index contributed by atoms with van der Waals surface area (Å²) < 4.78 is 17.9. The third-order valence-corrected chi connectivity index (χ3v) is 2.52. The average molecular weight is 315 g/mol. The van der Waals surface area contributed by atoms with E-state index in [1.54, 1.807) is 0 Å². The SMILES string of the molecule is COC(=O)[C@H](N)c1c(F)ccc(Br)c1O.Cl. The van der Waals surface area contributed by atoms with Gasteiger partial charge in [0.2, 0.25) is 0 Å². The van der Waals surface area contributed by atoms with Gasteiger partial charge >= 0.3 is 5.97 Å². The number of rotatable bonds is 2. The standard InChI is InChI=1S/C9H9BrFNO3.ClH/c1-15-9(14)7(12)6-5(11)3-2-4(10)8(6)13;/h2-3,7,13H,12H2,1H3;1H/t7-;/m1./s1. The Labute approximate surface area is 106 Å². The van der Waals surface area contributed by atoms with Crippen LogP contribution in [0, 0.1) is 5.82 Å². The molecular weight excluding hydrogens is 304 g/mol. The average Bonchev–Trinajstić information content (AvgIpc) is 2.22. The molecule has 90 valence electrons. The van der Waals surface area contributed by atoms with Crippen molar-refractivity contribution in [1.82, 2.24) is 0 Å². The lowest BCUT2D eigenvalue weighted by molar-refractivity contribution is -0.142. The molecule has 1 atom stereocenters. The number of esters is 1. The van der Waals surface area contributed by atoms with Gasteiger partial charge in [-0.3, -0.25) is 4.79 Å². The van der Waals surface area contributed by atoms with E-state index in [0.29, 0.717) is 0 Å². The molecule has 16 heavy (non-hydrogen) atoms. The second-order valence-corrected chi connectivity index (χ2v) is 3.65. The van der Waals surface area contributed by atoms with E-state index >= 15 is 0 Å². The Morgan fingerprint density at radius 1 is 1.62 bits per heavy atom. The Kier molecular flexibility index (Phi) is 5.71. The molecule has 1 aromatic carbocycles. The molecule has 0 spiro atoms. The van der Waals surface area contributed by atoms with Gasteiger partial charge in [0, 0.05) is 0 Å². The van der Waals surface area contributed by atoms with E-state index < -0.39 is 23.6 Å². The van der Waals surface area contributed by atoms with Crippen LogP contribution in [0.15, 0.2) is 16.6 Å². The minimum absolute atomic E-state index is 0. The van der Waals surface area contributed by atoms with E-state index in [4.69, 9.17) is 5.73 Å². The number of nitrogens with two attached hydrogens (primary N) is 1. The second-order valence-electron chi connectivity index (χ2n) is 2.79. The van der Waals surface area contributed by atoms with Crippen LogP contribution in [-0.4, -0.2) is 18.2 Å². The van der Waals surface area contributed by atoms with Crippen LogP contribution in [0.4, 0.5) is 4.39 Å². The monoisotopic (exact) mass is 313 g/mol. The van der Waals surface area contributed by atoms with E-state index in [2.05, 4.69) is 20.7 Å². The largest absolute Gasteiger partial charge is 0.506 e. The zero-order valence-corrected chi connectivity index (χ0v) is 10.6. The van der Waals surface area contributed by atoms with Gasteiger partial charge in [0.15, 0.2) is 0 Å². The van der Waals surface area contributed by atoms with E-state index in [-0.39, 0.29) is 22.4 Å². The molecule has 0 saturated heterocycles. The lowest BCUT2D eigenvalue weighted by Gasteiger charge is -2.13. The fourth-order valence-electron chi connectivity index (χ4n) is 1.10. The number of halogens is 3. The van der Waals surface area contributed by atoms with Crippen molar-refractivity contribution in [2.75, 3.05) is 7.11 Å². The van der Waals surface area contributed by atoms with Crippen LogP contribution >= 0.6 is 28.3 Å². The molecule has 0 aliphatic heterocycles. The molecule has 0 unspecified atom stereocenters. The van der Waals surface area contributed by atoms with E-state index in [1.807, 2.05) is 0 Å². The zero-order chi connectivity index (χ0) is 11.6. The molecule has 7 heteroatoms. The Morgan fingerprint density at radius 2 is 2.19 bits per heavy atom. The highest BCUT2D eigenvalue weighted by Crippen LogP contribution is 2.33. The van der Waals surface area contributed by atoms with Gasteiger partial charge in [0.05, 0.1) is 17.1 Å². The van der Waals surface area contributed by atoms with Crippen molar-refractivity contribution in [3.63, 3.8) is 0 Å². The van der Waals surface area contributed by atoms with Crippen molar-refractivity contribution in [2.45, 2.75) is 6.04 Å². The molecule has 3 N–H and O–H groups in total. The lowest BCUT2D eigenvalue weighted by Crippen LogP contribution is -2.23. The molecule has 0 aliphatic rings. The van der Waals surface area contributed by atoms with Crippen LogP contribution in [0.25, 0.3) is 0 Å². The van der Waals surface area contributed by atoms with Gasteiger partial charge < -0.3 is 15.6 Å². The normalized spacial score (nSPS) is 11.5. The Bertz CT molecular complexity index is 403. The first-order valence-electron chi connectivity index (χ1n) is 3.99. The van der Waals surface area contributed by atoms with E-state index in [9.17, 15) is 14.3 Å². The van der Waals surface area contributed by atoms with E-state index in [0.717, 1.165) is 13.2 Å². The molecule has 0 saturated carbocycles. The van der Waals surface area contributed by atoms with Crippen LogP contribution in [0.5, 0.6) is 5.75 Å². The summed E-state index contributed by atoms with van der Waals surface area (Å²) in [5.41, 5.74) is 5.14. The first-order chi connectivity index (χ1) is 6.99. The molecule has 0 amide bonds. The van der Waals surface area contributed by atoms with Gasteiger partial charge in [-0.05, 0) is 28.1 Å². The van der Waals surface area contributed by atoms with Crippen molar-refractivity contribution in [3.8, 4) is 5.75 Å². The number of hydrogen-bond acceptors (Lipinski definition) is 4. The van der Waals surface area contributed by atoms with Crippen LogP contribution in [0.2, 0.25) is 0 Å². The van der Waals surface area contributed by atoms with Gasteiger partial charge in [-0.25, -0.2) is 4.39 Å². The molecule has 1 rings (SSSR count). The summed E-state index contributed by atoms with van der Waals surface area (Å²) in [6.07, 6.45) is 0. The van der Waals surface area contributed by atoms with Gasteiger partial charge in [0.25, 0.3) is 0 Å². The number of phenolic OH excluding ortho intramolecular Hbond substituents is 1. The number of hydrogen-bond donors (Lipinski definition) is 2. The maximum absolute atomic E-state index is 13.3. The Hall–Kier alpha value is -0.850. The molecule has 0 bridgehead atoms. The fraction of sp³-hybridized carbons (Fsp3) is 0.222. The quantitative estimate of drug-likeness (QED) is 0.818. The maximum Gasteiger partial charge on any atom is 0.327 e. The summed E-state index contributed by atoms with van der Waals surface area (Å²) in [6.45, 7) is 0. The van der Waals surface area contributed by atoms with Crippen molar-refractivity contribution in [1.29, 1.82) is 0 Å². The molecule has 0 radical (unpaired) electrons. The molecule has 0 fully saturated rings. The van der Waals surface area contributed by atoms with E-state index in [1.165, 1.54) is 6.07 Å². The highest BCUT2D eigenvalue weighted by Gasteiger charge is 2.24. The first kappa shape index (κ1) is 15.2. The Morgan fingerprint density at radius 3 is 2.69 bits per heavy atom. The third kappa shape index (κ3) is 2.84. The van der Waals surface area contributed by atoms with Crippen molar-refractivity contribution < 1.29 is 19.0 Å². The van der Waals surface area contributed by atoms with Crippen molar-refractivity contribution in [2.24, 2.45) is 5.73 Å². The number of ether oxygens (including phenoxy) is 1. The van der Waals surface area contributed by atoms with Crippen molar-refractivity contribution in [3.05, 3.63) is 28.0 Å². The summed E-state index contributed by atoms with van der Waals surface area (Å²) in [4.78, 5) is 11.1. The van der Waals surface area contributed by atoms with Gasteiger partial charge in [-0.1, -0.05) is 0 Å². The molecule has 1 aromatic rings. The van der Waals surface area contributed by atoms with Crippen LogP contribution in [0.1, 0.15) is 11.6 Å². The predicted octanol–water partition coefficient (Wildman–Crippen LogP) is 1.89. The summed E-state index contributed by atoms with van der Waals surface area (Å²) in [5.74, 6) is -1.97. The number of carbonyl (C=O) groups excluding carboxylic acids is 1. The minimum Gasteiger partial charge on any atom is -0.506 e. The highest BCUT2D eigenvalue weighted by molar-refractivity contribution is 9.10. The number of methoxy groups -OCH3 is 1. The van der Waals surface area contributed by atoms with Gasteiger partial charge in [-0.15, -0.1) is 12.4 Å². The van der Waals surface area contributed by atoms with Crippen LogP contribution in [0.3, 0.4) is 0 Å². The topological polar surface area (TPSA) is 72.5 Å². The third-order valence-electron chi connectivity index (χ3n) is 1.88. The van der Waals surface area contributed by atoms with Crippen LogP contribution in [-0.2, 0) is 9.53 Å². The summed E-state index contributed by atoms with van der Waals surface area (Å²) in [5, 5.41) is 9.52. The summed E-state index contributed by atoms with van der Waals surface area (Å²) in [7, 11) is 1.13. The number of benzene rings is 1. The van der Waals surface area contributed by atoms with Gasteiger partial charge in [-0.2, -0.15) is 0 Å². The predicted molar refractivity (Wildman–Crippen MR) is 62.0 cm³/mol. The second kappa shape index (κ2) is 6.03. The molecule has 0 aromatic heterocycles. The first-order valence-corrected chi connectivity index (χ1v) is 4.78. The highest BCUT2D eigenvalue weighted by atomic mass is 79.9. The number of carbonyl (C=O) groups is 1. The maximum atomic E-state index is 13.3. The fourth-order valence-corrected chi connectivity index (χ4v) is 1.44. The van der Waals surface area contributed by atoms with Crippen LogP contribution < -0.4 is 5.73 Å². The molecule has 4 nitrogen and oxygen atoms in total. The number of phenols is 1. The smallest absolute Gasteiger partial charge is 0.327 e. The van der Waals surface area contributed by atoms with Gasteiger partial charge in [0.1, 0.15) is 17.6 Å². The minimum atomic E-state index is -1.34. The lowest BCUT2D eigenvalue weighted by atomic mass is 10.1. The van der Waals surface area contributed by atoms with Crippen molar-refractivity contribution >= 4 is 34.3 Å². The molecular formula is C9H10BrClFNO3. The molecule has 0 aliphatic carbocycles. The Balaban J connectivity index is 0.00000225. The summed E-state index contributed by atoms with van der Waals surface area (Å²) in [6, 6.07) is 1.08.